The van der Waals surface area contributed by atoms with Crippen LogP contribution in [-0.2, 0) is 4.79 Å². The number of hydrogen-bond acceptors (Lipinski definition) is 3. The monoisotopic (exact) mass is 331 g/mol. The zero-order valence-corrected chi connectivity index (χ0v) is 13.4. The van der Waals surface area contributed by atoms with Crippen LogP contribution >= 0.6 is 0 Å². The summed E-state index contributed by atoms with van der Waals surface area (Å²) in [4.78, 5) is 24.7. The van der Waals surface area contributed by atoms with Crippen LogP contribution in [0.5, 0.6) is 5.75 Å². The molecule has 2 aromatic carbocycles. The van der Waals surface area contributed by atoms with Gasteiger partial charge in [0.15, 0.2) is 6.61 Å². The maximum Gasteiger partial charge on any atom is 0.323 e. The van der Waals surface area contributed by atoms with Gasteiger partial charge < -0.3 is 20.3 Å². The number of likely N-dealkylation sites (N-methyl/N-ethyl adjacent to an activating group) is 1. The first-order chi connectivity index (χ1) is 11.5. The van der Waals surface area contributed by atoms with E-state index >= 15 is 0 Å². The van der Waals surface area contributed by atoms with E-state index in [1.807, 2.05) is 0 Å². The number of rotatable bonds is 5. The van der Waals surface area contributed by atoms with Gasteiger partial charge in [-0.1, -0.05) is 12.1 Å². The summed E-state index contributed by atoms with van der Waals surface area (Å²) in [5.74, 6) is -0.159. The summed E-state index contributed by atoms with van der Waals surface area (Å²) in [7, 11) is 3.29. The number of anilines is 2. The second-order valence-corrected chi connectivity index (χ2v) is 5.16. The normalized spacial score (nSPS) is 9.96. The fourth-order valence-electron chi connectivity index (χ4n) is 1.76. The Morgan fingerprint density at radius 2 is 1.71 bits per heavy atom. The van der Waals surface area contributed by atoms with E-state index in [1.54, 1.807) is 44.4 Å². The number of nitrogens with zero attached hydrogens (tertiary/aromatic N) is 1. The molecule has 0 aliphatic heterocycles. The Labute approximate surface area is 139 Å². The number of halogens is 1. The Morgan fingerprint density at radius 3 is 2.33 bits per heavy atom. The number of nitrogens with one attached hydrogen (secondary N) is 2. The molecule has 0 bridgehead atoms. The fraction of sp³-hybridized carbons (Fsp3) is 0.176. The minimum atomic E-state index is -0.559. The van der Waals surface area contributed by atoms with E-state index in [1.165, 1.54) is 23.1 Å². The molecule has 126 valence electrons. The zero-order chi connectivity index (χ0) is 17.5. The van der Waals surface area contributed by atoms with Gasteiger partial charge in [0.25, 0.3) is 5.91 Å². The lowest BCUT2D eigenvalue weighted by Crippen LogP contribution is -2.27. The van der Waals surface area contributed by atoms with Crippen molar-refractivity contribution in [2.45, 2.75) is 0 Å². The molecule has 3 amide bonds. The number of benzene rings is 2. The Balaban J connectivity index is 1.88. The van der Waals surface area contributed by atoms with Crippen LogP contribution in [0, 0.1) is 5.82 Å². The van der Waals surface area contributed by atoms with E-state index in [0.717, 1.165) is 0 Å². The minimum absolute atomic E-state index is 0.0620. The van der Waals surface area contributed by atoms with Gasteiger partial charge >= 0.3 is 6.03 Å². The van der Waals surface area contributed by atoms with Crippen LogP contribution < -0.4 is 15.4 Å². The highest BCUT2D eigenvalue weighted by Crippen LogP contribution is 2.17. The zero-order valence-electron chi connectivity index (χ0n) is 13.4. The van der Waals surface area contributed by atoms with Crippen LogP contribution in [0.25, 0.3) is 0 Å². The Kier molecular flexibility index (Phi) is 5.73. The average Bonchev–Trinajstić information content (AvgIpc) is 2.56. The molecule has 0 saturated heterocycles. The quantitative estimate of drug-likeness (QED) is 0.885. The van der Waals surface area contributed by atoms with Crippen LogP contribution in [0.3, 0.4) is 0 Å². The molecule has 6 nitrogen and oxygen atoms in total. The van der Waals surface area contributed by atoms with Crippen molar-refractivity contribution >= 4 is 23.3 Å². The summed E-state index contributed by atoms with van der Waals surface area (Å²) in [5, 5.41) is 5.00. The van der Waals surface area contributed by atoms with Gasteiger partial charge in [-0.2, -0.15) is 0 Å². The summed E-state index contributed by atoms with van der Waals surface area (Å²) >= 11 is 0. The van der Waals surface area contributed by atoms with Crippen molar-refractivity contribution in [3.8, 4) is 5.75 Å². The molecule has 0 spiro atoms. The van der Waals surface area contributed by atoms with Gasteiger partial charge in [0.1, 0.15) is 11.6 Å². The van der Waals surface area contributed by atoms with Gasteiger partial charge in [-0.05, 0) is 36.4 Å². The number of urea groups is 1. The third kappa shape index (κ3) is 4.98. The topological polar surface area (TPSA) is 70.7 Å². The third-order valence-corrected chi connectivity index (χ3v) is 3.10. The van der Waals surface area contributed by atoms with Crippen molar-refractivity contribution in [2.75, 3.05) is 31.3 Å². The smallest absolute Gasteiger partial charge is 0.323 e. The van der Waals surface area contributed by atoms with E-state index < -0.39 is 11.8 Å². The lowest BCUT2D eigenvalue weighted by atomic mass is 10.3. The number of carbonyl (C=O) groups is 2. The molecule has 0 radical (unpaired) electrons. The second-order valence-electron chi connectivity index (χ2n) is 5.16. The standard InChI is InChI=1S/C17H18FN3O3/c1-21(2)16(22)11-24-13-9-7-12(8-10-13)19-17(23)20-15-6-4-3-5-14(15)18/h3-10H,11H2,1-2H3,(H2,19,20,23). The molecule has 7 heteroatoms. The van der Waals surface area contributed by atoms with Crippen molar-refractivity contribution in [1.82, 2.24) is 4.90 Å². The molecule has 0 aliphatic rings. The molecule has 0 saturated carbocycles. The molecule has 0 aliphatic carbocycles. The maximum absolute atomic E-state index is 13.5. The summed E-state index contributed by atoms with van der Waals surface area (Å²) < 4.78 is 18.8. The molecule has 24 heavy (non-hydrogen) atoms. The first-order valence-electron chi connectivity index (χ1n) is 7.21. The van der Waals surface area contributed by atoms with Crippen LogP contribution in [0.1, 0.15) is 0 Å². The Bertz CT molecular complexity index is 717. The van der Waals surface area contributed by atoms with Gasteiger partial charge in [0, 0.05) is 19.8 Å². The molecule has 0 atom stereocenters. The molecule has 0 unspecified atom stereocenters. The van der Waals surface area contributed by atoms with E-state index in [2.05, 4.69) is 10.6 Å². The van der Waals surface area contributed by atoms with Crippen molar-refractivity contribution in [1.29, 1.82) is 0 Å². The highest BCUT2D eigenvalue weighted by Gasteiger charge is 2.07. The molecule has 2 rings (SSSR count). The van der Waals surface area contributed by atoms with E-state index in [9.17, 15) is 14.0 Å². The lowest BCUT2D eigenvalue weighted by molar-refractivity contribution is -0.130. The van der Waals surface area contributed by atoms with Crippen LogP contribution in [0.15, 0.2) is 48.5 Å². The van der Waals surface area contributed by atoms with Crippen molar-refractivity contribution < 1.29 is 18.7 Å². The first kappa shape index (κ1) is 17.3. The number of ether oxygens (including phenoxy) is 1. The lowest BCUT2D eigenvalue weighted by Gasteiger charge is -2.12. The maximum atomic E-state index is 13.5. The van der Waals surface area contributed by atoms with Crippen LogP contribution in [-0.4, -0.2) is 37.5 Å². The summed E-state index contributed by atoms with van der Waals surface area (Å²) in [6.45, 7) is -0.0620. The number of hydrogen-bond donors (Lipinski definition) is 2. The molecular formula is C17H18FN3O3. The van der Waals surface area contributed by atoms with E-state index in [0.29, 0.717) is 11.4 Å². The van der Waals surface area contributed by atoms with Crippen molar-refractivity contribution in [2.24, 2.45) is 0 Å². The van der Waals surface area contributed by atoms with Crippen LogP contribution in [0.4, 0.5) is 20.6 Å². The van der Waals surface area contributed by atoms with Crippen molar-refractivity contribution in [3.05, 3.63) is 54.3 Å². The average molecular weight is 331 g/mol. The third-order valence-electron chi connectivity index (χ3n) is 3.10. The summed E-state index contributed by atoms with van der Waals surface area (Å²) in [6.07, 6.45) is 0. The minimum Gasteiger partial charge on any atom is -0.484 e. The largest absolute Gasteiger partial charge is 0.484 e. The van der Waals surface area contributed by atoms with Gasteiger partial charge in [0.05, 0.1) is 5.69 Å². The molecule has 2 N–H and O–H groups in total. The summed E-state index contributed by atoms with van der Waals surface area (Å²) in [6, 6.07) is 11.8. The first-order valence-corrected chi connectivity index (χ1v) is 7.21. The molecular weight excluding hydrogens is 313 g/mol. The Morgan fingerprint density at radius 1 is 1.04 bits per heavy atom. The van der Waals surface area contributed by atoms with Gasteiger partial charge in [-0.3, -0.25) is 4.79 Å². The van der Waals surface area contributed by atoms with Gasteiger partial charge in [-0.15, -0.1) is 0 Å². The van der Waals surface area contributed by atoms with Crippen LogP contribution in [0.2, 0.25) is 0 Å². The SMILES string of the molecule is CN(C)C(=O)COc1ccc(NC(=O)Nc2ccccc2F)cc1. The fourth-order valence-corrected chi connectivity index (χ4v) is 1.76. The highest BCUT2D eigenvalue weighted by atomic mass is 19.1. The molecule has 0 heterocycles. The highest BCUT2D eigenvalue weighted by molar-refractivity contribution is 5.99. The van der Waals surface area contributed by atoms with Gasteiger partial charge in [-0.25, -0.2) is 9.18 Å². The second kappa shape index (κ2) is 7.96. The number of amides is 3. The Hall–Kier alpha value is -3.09. The van der Waals surface area contributed by atoms with Gasteiger partial charge in [0.2, 0.25) is 0 Å². The molecule has 0 aromatic heterocycles. The number of para-hydroxylation sites is 1. The molecule has 2 aromatic rings. The predicted octanol–water partition coefficient (Wildman–Crippen LogP) is 2.94. The number of carbonyl (C=O) groups excluding carboxylic acids is 2. The van der Waals surface area contributed by atoms with Crippen molar-refractivity contribution in [3.63, 3.8) is 0 Å². The van der Waals surface area contributed by atoms with E-state index in [-0.39, 0.29) is 18.2 Å². The predicted molar refractivity (Wildman–Crippen MR) is 89.7 cm³/mol. The van der Waals surface area contributed by atoms with E-state index in [4.69, 9.17) is 4.74 Å². The molecule has 0 fully saturated rings. The summed E-state index contributed by atoms with van der Waals surface area (Å²) in [5.41, 5.74) is 0.604.